The van der Waals surface area contributed by atoms with Crippen LogP contribution in [0, 0.1) is 0 Å². The van der Waals surface area contributed by atoms with E-state index in [1.807, 2.05) is 11.0 Å². The van der Waals surface area contributed by atoms with Crippen LogP contribution in [0.4, 0.5) is 5.69 Å². The van der Waals surface area contributed by atoms with Crippen molar-refractivity contribution in [2.75, 3.05) is 12.3 Å². The first-order valence-electron chi connectivity index (χ1n) is 6.04. The summed E-state index contributed by atoms with van der Waals surface area (Å²) in [4.78, 5) is 15.8. The number of carbonyl (C=O) groups is 1. The molecule has 1 amide bonds. The first kappa shape index (κ1) is 12.7. The minimum atomic E-state index is 0.00986. The number of carbonyl (C=O) groups excluding carboxylic acids is 1. The molecule has 19 heavy (non-hydrogen) atoms. The standard InChI is InChI=1S/C14H13BrN2OS/c15-10-1-2-12(16)11(7-10)14(18)17-5-3-13-9(8-17)4-6-19-13/h1-2,4,6-7H,3,5,8,16H2. The zero-order valence-corrected chi connectivity index (χ0v) is 12.6. The van der Waals surface area contributed by atoms with E-state index < -0.39 is 0 Å². The molecule has 2 N–H and O–H groups in total. The van der Waals surface area contributed by atoms with Crippen molar-refractivity contribution < 1.29 is 4.79 Å². The predicted octanol–water partition coefficient (Wildman–Crippen LogP) is 3.29. The maximum Gasteiger partial charge on any atom is 0.256 e. The second-order valence-corrected chi connectivity index (χ2v) is 6.49. The number of hydrogen-bond acceptors (Lipinski definition) is 3. The van der Waals surface area contributed by atoms with E-state index in [2.05, 4.69) is 27.4 Å². The fourth-order valence-corrected chi connectivity index (χ4v) is 3.56. The summed E-state index contributed by atoms with van der Waals surface area (Å²) in [7, 11) is 0. The third kappa shape index (κ3) is 2.40. The summed E-state index contributed by atoms with van der Waals surface area (Å²) in [6.07, 6.45) is 0.937. The SMILES string of the molecule is Nc1ccc(Br)cc1C(=O)N1CCc2sccc2C1. The Bertz CT molecular complexity index is 638. The molecule has 1 aromatic carbocycles. The fraction of sp³-hybridized carbons (Fsp3) is 0.214. The summed E-state index contributed by atoms with van der Waals surface area (Å²) in [5, 5.41) is 2.09. The highest BCUT2D eigenvalue weighted by Gasteiger charge is 2.23. The van der Waals surface area contributed by atoms with Crippen LogP contribution < -0.4 is 5.73 Å². The van der Waals surface area contributed by atoms with Gasteiger partial charge in [-0.1, -0.05) is 15.9 Å². The highest BCUT2D eigenvalue weighted by molar-refractivity contribution is 9.10. The largest absolute Gasteiger partial charge is 0.398 e. The topological polar surface area (TPSA) is 46.3 Å². The average molecular weight is 337 g/mol. The predicted molar refractivity (Wildman–Crippen MR) is 81.3 cm³/mol. The van der Waals surface area contributed by atoms with Crippen molar-refractivity contribution in [3.05, 3.63) is 50.1 Å². The highest BCUT2D eigenvalue weighted by Crippen LogP contribution is 2.27. The Kier molecular flexibility index (Phi) is 3.33. The molecule has 0 saturated carbocycles. The Morgan fingerprint density at radius 3 is 3.05 bits per heavy atom. The summed E-state index contributed by atoms with van der Waals surface area (Å²) in [6.45, 7) is 1.45. The Labute approximate surface area is 124 Å². The number of nitrogens with two attached hydrogens (primary N) is 1. The monoisotopic (exact) mass is 336 g/mol. The second kappa shape index (κ2) is 4.98. The molecule has 1 aliphatic rings. The molecule has 3 rings (SSSR count). The van der Waals surface area contributed by atoms with E-state index in [9.17, 15) is 4.79 Å². The van der Waals surface area contributed by atoms with E-state index in [1.54, 1.807) is 23.5 Å². The normalized spacial score (nSPS) is 14.3. The van der Waals surface area contributed by atoms with Crippen molar-refractivity contribution >= 4 is 38.9 Å². The molecule has 0 unspecified atom stereocenters. The molecule has 1 aromatic heterocycles. The molecule has 3 nitrogen and oxygen atoms in total. The third-order valence-corrected chi connectivity index (χ3v) is 4.86. The maximum atomic E-state index is 12.5. The van der Waals surface area contributed by atoms with Crippen molar-refractivity contribution in [3.63, 3.8) is 0 Å². The van der Waals surface area contributed by atoms with Gasteiger partial charge in [-0.2, -0.15) is 0 Å². The van der Waals surface area contributed by atoms with E-state index in [0.29, 0.717) is 17.8 Å². The van der Waals surface area contributed by atoms with E-state index >= 15 is 0 Å². The van der Waals surface area contributed by atoms with Crippen molar-refractivity contribution in [2.24, 2.45) is 0 Å². The molecule has 0 fully saturated rings. The van der Waals surface area contributed by atoms with Gasteiger partial charge in [0, 0.05) is 28.1 Å². The third-order valence-electron chi connectivity index (χ3n) is 3.34. The van der Waals surface area contributed by atoms with Crippen LogP contribution in [0.25, 0.3) is 0 Å². The summed E-state index contributed by atoms with van der Waals surface area (Å²) >= 11 is 5.15. The van der Waals surface area contributed by atoms with Gasteiger partial charge in [0.05, 0.1) is 5.56 Å². The molecule has 2 heterocycles. The number of amides is 1. The van der Waals surface area contributed by atoms with Gasteiger partial charge in [0.2, 0.25) is 0 Å². The van der Waals surface area contributed by atoms with Crippen molar-refractivity contribution in [3.8, 4) is 0 Å². The van der Waals surface area contributed by atoms with Crippen LogP contribution in [0.5, 0.6) is 0 Å². The van der Waals surface area contributed by atoms with E-state index in [4.69, 9.17) is 5.73 Å². The number of hydrogen-bond donors (Lipinski definition) is 1. The molecule has 0 radical (unpaired) electrons. The summed E-state index contributed by atoms with van der Waals surface area (Å²) in [5.74, 6) is 0.00986. The molecule has 5 heteroatoms. The number of fused-ring (bicyclic) bond motifs is 1. The Hall–Kier alpha value is -1.33. The van der Waals surface area contributed by atoms with Gasteiger partial charge in [-0.15, -0.1) is 11.3 Å². The first-order valence-corrected chi connectivity index (χ1v) is 7.72. The van der Waals surface area contributed by atoms with Crippen molar-refractivity contribution in [2.45, 2.75) is 13.0 Å². The van der Waals surface area contributed by atoms with E-state index in [0.717, 1.165) is 17.4 Å². The van der Waals surface area contributed by atoms with Gasteiger partial charge in [0.25, 0.3) is 5.91 Å². The Morgan fingerprint density at radius 1 is 1.37 bits per heavy atom. The van der Waals surface area contributed by atoms with Crippen LogP contribution in [0.3, 0.4) is 0 Å². The molecule has 0 spiro atoms. The van der Waals surface area contributed by atoms with Gasteiger partial charge in [0.15, 0.2) is 0 Å². The van der Waals surface area contributed by atoms with Crippen LogP contribution in [0.2, 0.25) is 0 Å². The lowest BCUT2D eigenvalue weighted by Crippen LogP contribution is -2.35. The van der Waals surface area contributed by atoms with Gasteiger partial charge in [0.1, 0.15) is 0 Å². The van der Waals surface area contributed by atoms with Gasteiger partial charge in [-0.25, -0.2) is 0 Å². The van der Waals surface area contributed by atoms with Gasteiger partial charge >= 0.3 is 0 Å². The number of benzene rings is 1. The first-order chi connectivity index (χ1) is 9.15. The molecular weight excluding hydrogens is 324 g/mol. The molecule has 0 saturated heterocycles. The number of rotatable bonds is 1. The molecule has 2 aromatic rings. The lowest BCUT2D eigenvalue weighted by molar-refractivity contribution is 0.0737. The lowest BCUT2D eigenvalue weighted by atomic mass is 10.1. The summed E-state index contributed by atoms with van der Waals surface area (Å²) < 4.78 is 0.873. The number of anilines is 1. The maximum absolute atomic E-state index is 12.5. The fourth-order valence-electron chi connectivity index (χ4n) is 2.31. The molecule has 0 atom stereocenters. The quantitative estimate of drug-likeness (QED) is 0.812. The zero-order chi connectivity index (χ0) is 13.4. The minimum absolute atomic E-state index is 0.00986. The van der Waals surface area contributed by atoms with E-state index in [-0.39, 0.29) is 5.91 Å². The zero-order valence-electron chi connectivity index (χ0n) is 10.2. The van der Waals surface area contributed by atoms with Gasteiger partial charge in [-0.05, 0) is 41.6 Å². The second-order valence-electron chi connectivity index (χ2n) is 4.58. The average Bonchev–Trinajstić information content (AvgIpc) is 2.88. The number of halogens is 1. The Balaban J connectivity index is 1.87. The highest BCUT2D eigenvalue weighted by atomic mass is 79.9. The van der Waals surface area contributed by atoms with Crippen LogP contribution in [0.1, 0.15) is 20.8 Å². The minimum Gasteiger partial charge on any atom is -0.398 e. The molecule has 0 bridgehead atoms. The molecule has 0 aliphatic carbocycles. The van der Waals surface area contributed by atoms with E-state index in [1.165, 1.54) is 10.4 Å². The van der Waals surface area contributed by atoms with Crippen LogP contribution >= 0.6 is 27.3 Å². The summed E-state index contributed by atoms with van der Waals surface area (Å²) in [6, 6.07) is 7.50. The Morgan fingerprint density at radius 2 is 2.21 bits per heavy atom. The molecule has 98 valence electrons. The molecule has 1 aliphatic heterocycles. The number of nitrogen functional groups attached to an aromatic ring is 1. The number of thiophene rings is 1. The van der Waals surface area contributed by atoms with Crippen LogP contribution in [-0.4, -0.2) is 17.4 Å². The lowest BCUT2D eigenvalue weighted by Gasteiger charge is -2.27. The van der Waals surface area contributed by atoms with Crippen molar-refractivity contribution in [1.29, 1.82) is 0 Å². The molecular formula is C14H13BrN2OS. The van der Waals surface area contributed by atoms with Crippen molar-refractivity contribution in [1.82, 2.24) is 4.90 Å². The number of nitrogens with zero attached hydrogens (tertiary/aromatic N) is 1. The van der Waals surface area contributed by atoms with Gasteiger partial charge < -0.3 is 10.6 Å². The van der Waals surface area contributed by atoms with Gasteiger partial charge in [-0.3, -0.25) is 4.79 Å². The smallest absolute Gasteiger partial charge is 0.256 e. The van der Waals surface area contributed by atoms with Crippen LogP contribution in [-0.2, 0) is 13.0 Å². The van der Waals surface area contributed by atoms with Crippen LogP contribution in [0.15, 0.2) is 34.1 Å². The summed E-state index contributed by atoms with van der Waals surface area (Å²) in [5.41, 5.74) is 8.28.